The fourth-order valence-electron chi connectivity index (χ4n) is 3.99. The lowest BCUT2D eigenvalue weighted by atomic mass is 9.84. The second kappa shape index (κ2) is 6.48. The van der Waals surface area contributed by atoms with E-state index in [0.717, 1.165) is 31.6 Å². The van der Waals surface area contributed by atoms with Crippen molar-refractivity contribution in [2.75, 3.05) is 13.2 Å². The maximum absolute atomic E-state index is 11.4. The van der Waals surface area contributed by atoms with Gasteiger partial charge in [-0.1, -0.05) is 18.2 Å². The molecule has 2 N–H and O–H groups in total. The van der Waals surface area contributed by atoms with Crippen LogP contribution in [0.25, 0.3) is 0 Å². The van der Waals surface area contributed by atoms with Crippen LogP contribution in [0.1, 0.15) is 25.7 Å². The van der Waals surface area contributed by atoms with E-state index < -0.39 is 5.97 Å². The third-order valence-electron chi connectivity index (χ3n) is 4.91. The minimum Gasteiger partial charge on any atom is -0.494 e. The molecule has 0 heterocycles. The molecule has 3 rings (SSSR count). The summed E-state index contributed by atoms with van der Waals surface area (Å²) in [5.74, 6) is 1.04. The Morgan fingerprint density at radius 1 is 1.24 bits per heavy atom. The number of carboxylic acid groups (broad SMARTS) is 1. The highest BCUT2D eigenvalue weighted by atomic mass is 16.5. The van der Waals surface area contributed by atoms with Crippen molar-refractivity contribution in [2.24, 2.45) is 17.8 Å². The quantitative estimate of drug-likeness (QED) is 0.757. The van der Waals surface area contributed by atoms with Crippen LogP contribution in [0.3, 0.4) is 0 Å². The smallest absolute Gasteiger partial charge is 0.308 e. The molecule has 0 aromatic heterocycles. The second-order valence-corrected chi connectivity index (χ2v) is 6.19. The number of ether oxygens (including phenoxy) is 1. The summed E-state index contributed by atoms with van der Waals surface area (Å²) in [6.07, 6.45) is 4.27. The summed E-state index contributed by atoms with van der Waals surface area (Å²) in [6.45, 7) is 1.49. The zero-order chi connectivity index (χ0) is 14.7. The number of para-hydroxylation sites is 1. The van der Waals surface area contributed by atoms with Gasteiger partial charge >= 0.3 is 5.97 Å². The summed E-state index contributed by atoms with van der Waals surface area (Å²) < 4.78 is 5.65. The standard InChI is InChI=1S/C17H23NO3/c19-17(20)15-12-7-8-13(11-12)16(15)18-9-4-10-21-14-5-2-1-3-6-14/h1-3,5-6,12-13,15-16,18H,4,7-11H2,(H,19,20). The van der Waals surface area contributed by atoms with Crippen LogP contribution in [0.5, 0.6) is 5.75 Å². The molecule has 4 heteroatoms. The normalized spacial score (nSPS) is 30.5. The number of carbonyl (C=O) groups is 1. The van der Waals surface area contributed by atoms with Gasteiger partial charge in [0.1, 0.15) is 5.75 Å². The molecule has 2 fully saturated rings. The minimum atomic E-state index is -0.625. The first-order valence-corrected chi connectivity index (χ1v) is 7.90. The van der Waals surface area contributed by atoms with Crippen molar-refractivity contribution in [2.45, 2.75) is 31.7 Å². The fourth-order valence-corrected chi connectivity index (χ4v) is 3.99. The predicted molar refractivity (Wildman–Crippen MR) is 80.3 cm³/mol. The second-order valence-electron chi connectivity index (χ2n) is 6.19. The van der Waals surface area contributed by atoms with E-state index in [1.807, 2.05) is 30.3 Å². The number of nitrogens with one attached hydrogen (secondary N) is 1. The predicted octanol–water partition coefficient (Wildman–Crippen LogP) is 2.54. The van der Waals surface area contributed by atoms with Gasteiger partial charge in [-0.05, 0) is 56.2 Å². The molecule has 2 bridgehead atoms. The highest BCUT2D eigenvalue weighted by Crippen LogP contribution is 2.48. The lowest BCUT2D eigenvalue weighted by Gasteiger charge is -2.29. The first-order chi connectivity index (χ1) is 10.3. The Morgan fingerprint density at radius 2 is 2.00 bits per heavy atom. The van der Waals surface area contributed by atoms with Gasteiger partial charge in [-0.25, -0.2) is 0 Å². The number of hydrogen-bond donors (Lipinski definition) is 2. The first kappa shape index (κ1) is 14.4. The number of carboxylic acids is 1. The van der Waals surface area contributed by atoms with Crippen molar-refractivity contribution >= 4 is 5.97 Å². The number of hydrogen-bond acceptors (Lipinski definition) is 3. The van der Waals surface area contributed by atoms with E-state index in [2.05, 4.69) is 5.32 Å². The van der Waals surface area contributed by atoms with Gasteiger partial charge in [0.2, 0.25) is 0 Å². The maximum atomic E-state index is 11.4. The van der Waals surface area contributed by atoms with Crippen molar-refractivity contribution < 1.29 is 14.6 Å². The first-order valence-electron chi connectivity index (χ1n) is 7.90. The molecule has 2 saturated carbocycles. The summed E-state index contributed by atoms with van der Waals surface area (Å²) in [5.41, 5.74) is 0. The van der Waals surface area contributed by atoms with Gasteiger partial charge < -0.3 is 15.2 Å². The van der Waals surface area contributed by atoms with Gasteiger partial charge in [-0.3, -0.25) is 4.79 Å². The van der Waals surface area contributed by atoms with Crippen LogP contribution < -0.4 is 10.1 Å². The van der Waals surface area contributed by atoms with Crippen LogP contribution >= 0.6 is 0 Å². The Morgan fingerprint density at radius 3 is 2.76 bits per heavy atom. The Labute approximate surface area is 125 Å². The molecule has 4 atom stereocenters. The molecule has 1 aromatic rings. The van der Waals surface area contributed by atoms with Crippen molar-refractivity contribution in [3.05, 3.63) is 30.3 Å². The van der Waals surface area contributed by atoms with Gasteiger partial charge in [0.15, 0.2) is 0 Å². The summed E-state index contributed by atoms with van der Waals surface area (Å²) in [7, 11) is 0. The van der Waals surface area contributed by atoms with E-state index in [0.29, 0.717) is 18.4 Å². The molecule has 0 radical (unpaired) electrons. The highest BCUT2D eigenvalue weighted by molar-refractivity contribution is 5.72. The molecule has 0 amide bonds. The largest absolute Gasteiger partial charge is 0.494 e. The zero-order valence-electron chi connectivity index (χ0n) is 12.2. The van der Waals surface area contributed by atoms with Crippen LogP contribution in [-0.2, 0) is 4.79 Å². The minimum absolute atomic E-state index is 0.165. The molecule has 0 aliphatic heterocycles. The number of aliphatic carboxylic acids is 1. The monoisotopic (exact) mass is 289 g/mol. The van der Waals surface area contributed by atoms with Crippen LogP contribution in [-0.4, -0.2) is 30.3 Å². The Hall–Kier alpha value is -1.55. The lowest BCUT2D eigenvalue weighted by Crippen LogP contribution is -2.44. The third-order valence-corrected chi connectivity index (χ3v) is 4.91. The molecule has 4 nitrogen and oxygen atoms in total. The van der Waals surface area contributed by atoms with Gasteiger partial charge in [-0.2, -0.15) is 0 Å². The fraction of sp³-hybridized carbons (Fsp3) is 0.588. The van der Waals surface area contributed by atoms with Crippen molar-refractivity contribution in [1.29, 1.82) is 0 Å². The van der Waals surface area contributed by atoms with E-state index in [4.69, 9.17) is 4.74 Å². The van der Waals surface area contributed by atoms with Crippen LogP contribution in [0.2, 0.25) is 0 Å². The van der Waals surface area contributed by atoms with Crippen molar-refractivity contribution in [3.63, 3.8) is 0 Å². The van der Waals surface area contributed by atoms with E-state index in [9.17, 15) is 9.90 Å². The van der Waals surface area contributed by atoms with E-state index >= 15 is 0 Å². The average Bonchev–Trinajstić information content (AvgIpc) is 3.08. The number of benzene rings is 1. The Balaban J connectivity index is 1.40. The molecule has 4 unspecified atom stereocenters. The van der Waals surface area contributed by atoms with Gasteiger partial charge in [0, 0.05) is 6.04 Å². The Kier molecular flexibility index (Phi) is 4.44. The molecule has 114 valence electrons. The molecule has 0 spiro atoms. The van der Waals surface area contributed by atoms with Crippen molar-refractivity contribution in [1.82, 2.24) is 5.32 Å². The van der Waals surface area contributed by atoms with Crippen LogP contribution in [0.4, 0.5) is 0 Å². The summed E-state index contributed by atoms with van der Waals surface area (Å²) in [4.78, 5) is 11.4. The Bertz CT molecular complexity index is 476. The molecule has 21 heavy (non-hydrogen) atoms. The van der Waals surface area contributed by atoms with Crippen LogP contribution in [0.15, 0.2) is 30.3 Å². The lowest BCUT2D eigenvalue weighted by molar-refractivity contribution is -0.144. The topological polar surface area (TPSA) is 58.6 Å². The summed E-state index contributed by atoms with van der Waals surface area (Å²) in [6, 6.07) is 9.95. The van der Waals surface area contributed by atoms with Gasteiger partial charge in [-0.15, -0.1) is 0 Å². The molecule has 1 aromatic carbocycles. The van der Waals surface area contributed by atoms with Crippen LogP contribution in [0, 0.1) is 17.8 Å². The highest BCUT2D eigenvalue weighted by Gasteiger charge is 2.50. The van der Waals surface area contributed by atoms with E-state index in [-0.39, 0.29) is 12.0 Å². The molecule has 2 aliphatic rings. The summed E-state index contributed by atoms with van der Waals surface area (Å²) >= 11 is 0. The number of fused-ring (bicyclic) bond motifs is 2. The van der Waals surface area contributed by atoms with Gasteiger partial charge in [0.25, 0.3) is 0 Å². The molecular weight excluding hydrogens is 266 g/mol. The van der Waals surface area contributed by atoms with Crippen molar-refractivity contribution in [3.8, 4) is 5.75 Å². The zero-order valence-corrected chi connectivity index (χ0v) is 12.2. The molecule has 2 aliphatic carbocycles. The average molecular weight is 289 g/mol. The number of rotatable bonds is 7. The van der Waals surface area contributed by atoms with Gasteiger partial charge in [0.05, 0.1) is 12.5 Å². The van der Waals surface area contributed by atoms with E-state index in [1.165, 1.54) is 6.42 Å². The maximum Gasteiger partial charge on any atom is 0.308 e. The van der Waals surface area contributed by atoms with E-state index in [1.54, 1.807) is 0 Å². The third kappa shape index (κ3) is 3.21. The SMILES string of the molecule is O=C(O)C1C2CCC(C2)C1NCCCOc1ccccc1. The molecule has 0 saturated heterocycles. The molecular formula is C17H23NO3. The summed E-state index contributed by atoms with van der Waals surface area (Å²) in [5, 5.41) is 12.9.